The third-order valence-corrected chi connectivity index (χ3v) is 3.49. The summed E-state index contributed by atoms with van der Waals surface area (Å²) in [6.45, 7) is 0.600. The summed E-state index contributed by atoms with van der Waals surface area (Å²) in [7, 11) is 0. The van der Waals surface area contributed by atoms with Gasteiger partial charge in [-0.1, -0.05) is 12.1 Å². The largest absolute Gasteiger partial charge is 0.467 e. The van der Waals surface area contributed by atoms with Crippen LogP contribution < -0.4 is 10.6 Å². The van der Waals surface area contributed by atoms with E-state index in [4.69, 9.17) is 4.42 Å². The maximum Gasteiger partial charge on any atom is 0.228 e. The third-order valence-electron chi connectivity index (χ3n) is 3.49. The first-order chi connectivity index (χ1) is 11.7. The number of nitrogens with one attached hydrogen (secondary N) is 2. The first kappa shape index (κ1) is 15.8. The number of anilines is 2. The van der Waals surface area contributed by atoms with Gasteiger partial charge in [0.15, 0.2) is 0 Å². The molecular weight excluding hydrogens is 307 g/mol. The summed E-state index contributed by atoms with van der Waals surface area (Å²) in [5.41, 5.74) is 2.42. The average Bonchev–Trinajstić information content (AvgIpc) is 3.10. The van der Waals surface area contributed by atoms with Crippen molar-refractivity contribution >= 4 is 17.3 Å². The number of furan rings is 1. The summed E-state index contributed by atoms with van der Waals surface area (Å²) in [4.78, 5) is 12.0. The van der Waals surface area contributed by atoms with Gasteiger partial charge in [-0.2, -0.15) is 0 Å². The summed E-state index contributed by atoms with van der Waals surface area (Å²) in [5.74, 6) is 0.404. The molecule has 2 N–H and O–H groups in total. The molecule has 3 aromatic rings. The summed E-state index contributed by atoms with van der Waals surface area (Å²) in [6, 6.07) is 17.1. The molecule has 1 amide bonds. The van der Waals surface area contributed by atoms with Gasteiger partial charge in [-0.05, 0) is 54.1 Å². The normalized spacial score (nSPS) is 10.4. The Balaban J connectivity index is 1.51. The fourth-order valence-corrected chi connectivity index (χ4v) is 2.27. The van der Waals surface area contributed by atoms with E-state index in [2.05, 4.69) is 10.6 Å². The molecule has 2 aromatic carbocycles. The smallest absolute Gasteiger partial charge is 0.228 e. The lowest BCUT2D eigenvalue weighted by atomic mass is 10.1. The Kier molecular flexibility index (Phi) is 4.91. The SMILES string of the molecule is O=C(Cc1ccc(F)cc1)Nc1ccc(NCc2ccco2)cc1. The van der Waals surface area contributed by atoms with Gasteiger partial charge >= 0.3 is 0 Å². The molecule has 3 rings (SSSR count). The van der Waals surface area contributed by atoms with E-state index in [0.29, 0.717) is 12.2 Å². The Morgan fingerprint density at radius 3 is 2.33 bits per heavy atom. The van der Waals surface area contributed by atoms with Crippen molar-refractivity contribution < 1.29 is 13.6 Å². The second kappa shape index (κ2) is 7.46. The van der Waals surface area contributed by atoms with Crippen LogP contribution in [0.3, 0.4) is 0 Å². The van der Waals surface area contributed by atoms with Crippen LogP contribution in [-0.4, -0.2) is 5.91 Å². The van der Waals surface area contributed by atoms with E-state index in [9.17, 15) is 9.18 Å². The molecule has 4 nitrogen and oxygen atoms in total. The van der Waals surface area contributed by atoms with Gasteiger partial charge < -0.3 is 15.1 Å². The minimum Gasteiger partial charge on any atom is -0.467 e. The van der Waals surface area contributed by atoms with E-state index in [0.717, 1.165) is 17.0 Å². The molecule has 24 heavy (non-hydrogen) atoms. The van der Waals surface area contributed by atoms with Crippen LogP contribution in [0.4, 0.5) is 15.8 Å². The maximum absolute atomic E-state index is 12.8. The molecule has 5 heteroatoms. The summed E-state index contributed by atoms with van der Waals surface area (Å²) < 4.78 is 18.1. The summed E-state index contributed by atoms with van der Waals surface area (Å²) in [5, 5.41) is 6.05. The van der Waals surface area contributed by atoms with Gasteiger partial charge in [0.05, 0.1) is 19.2 Å². The Labute approximate surface area is 139 Å². The standard InChI is InChI=1S/C19H17FN2O2/c20-15-5-3-14(4-6-15)12-19(23)22-17-9-7-16(8-10-17)21-13-18-2-1-11-24-18/h1-11,21H,12-13H2,(H,22,23). The van der Waals surface area contributed by atoms with Crippen molar-refractivity contribution in [3.63, 3.8) is 0 Å². The van der Waals surface area contributed by atoms with Crippen LogP contribution in [0.15, 0.2) is 71.3 Å². The number of amides is 1. The molecule has 0 bridgehead atoms. The predicted molar refractivity (Wildman–Crippen MR) is 91.2 cm³/mol. The molecule has 0 aliphatic carbocycles. The maximum atomic E-state index is 12.8. The van der Waals surface area contributed by atoms with Crippen LogP contribution in [0.2, 0.25) is 0 Å². The number of carbonyl (C=O) groups is 1. The van der Waals surface area contributed by atoms with Crippen molar-refractivity contribution in [1.29, 1.82) is 0 Å². The topological polar surface area (TPSA) is 54.3 Å². The zero-order valence-corrected chi connectivity index (χ0v) is 13.0. The number of hydrogen-bond donors (Lipinski definition) is 2. The fourth-order valence-electron chi connectivity index (χ4n) is 2.27. The number of rotatable bonds is 6. The van der Waals surface area contributed by atoms with Crippen LogP contribution in [0, 0.1) is 5.82 Å². The number of benzene rings is 2. The monoisotopic (exact) mass is 324 g/mol. The van der Waals surface area contributed by atoms with Crippen molar-refractivity contribution in [2.45, 2.75) is 13.0 Å². The zero-order valence-electron chi connectivity index (χ0n) is 13.0. The Morgan fingerprint density at radius 1 is 0.958 bits per heavy atom. The molecule has 0 atom stereocenters. The highest BCUT2D eigenvalue weighted by Gasteiger charge is 2.05. The Bertz CT molecular complexity index is 781. The van der Waals surface area contributed by atoms with Gasteiger partial charge in [0.1, 0.15) is 11.6 Å². The van der Waals surface area contributed by atoms with E-state index in [1.807, 2.05) is 36.4 Å². The first-order valence-electron chi connectivity index (χ1n) is 7.60. The molecule has 1 aromatic heterocycles. The third kappa shape index (κ3) is 4.46. The number of hydrogen-bond acceptors (Lipinski definition) is 3. The van der Waals surface area contributed by atoms with E-state index in [-0.39, 0.29) is 18.1 Å². The quantitative estimate of drug-likeness (QED) is 0.714. The van der Waals surface area contributed by atoms with E-state index >= 15 is 0 Å². The highest BCUT2D eigenvalue weighted by atomic mass is 19.1. The van der Waals surface area contributed by atoms with Crippen LogP contribution in [0.5, 0.6) is 0 Å². The van der Waals surface area contributed by atoms with Gasteiger partial charge in [0.25, 0.3) is 0 Å². The summed E-state index contributed by atoms with van der Waals surface area (Å²) >= 11 is 0. The van der Waals surface area contributed by atoms with Crippen molar-refractivity contribution in [3.8, 4) is 0 Å². The molecule has 0 spiro atoms. The molecule has 0 aliphatic heterocycles. The van der Waals surface area contributed by atoms with Crippen LogP contribution in [0.1, 0.15) is 11.3 Å². The molecule has 0 fully saturated rings. The van der Waals surface area contributed by atoms with Crippen LogP contribution in [0.25, 0.3) is 0 Å². The minimum atomic E-state index is -0.309. The highest BCUT2D eigenvalue weighted by Crippen LogP contribution is 2.15. The van der Waals surface area contributed by atoms with E-state index in [1.54, 1.807) is 18.4 Å². The van der Waals surface area contributed by atoms with Crippen molar-refractivity contribution in [1.82, 2.24) is 0 Å². The molecule has 0 saturated carbocycles. The molecule has 0 saturated heterocycles. The van der Waals surface area contributed by atoms with E-state index in [1.165, 1.54) is 12.1 Å². The van der Waals surface area contributed by atoms with Gasteiger partial charge in [-0.3, -0.25) is 4.79 Å². The second-order valence-corrected chi connectivity index (χ2v) is 5.36. The lowest BCUT2D eigenvalue weighted by molar-refractivity contribution is -0.115. The highest BCUT2D eigenvalue weighted by molar-refractivity contribution is 5.92. The first-order valence-corrected chi connectivity index (χ1v) is 7.60. The fraction of sp³-hybridized carbons (Fsp3) is 0.105. The zero-order chi connectivity index (χ0) is 16.8. The average molecular weight is 324 g/mol. The predicted octanol–water partition coefficient (Wildman–Crippen LogP) is 4.21. The lowest BCUT2D eigenvalue weighted by Crippen LogP contribution is -2.14. The Morgan fingerprint density at radius 2 is 1.67 bits per heavy atom. The molecular formula is C19H17FN2O2. The van der Waals surface area contributed by atoms with Crippen molar-refractivity contribution in [3.05, 3.63) is 84.1 Å². The number of halogens is 1. The minimum absolute atomic E-state index is 0.141. The van der Waals surface area contributed by atoms with Crippen molar-refractivity contribution in [2.75, 3.05) is 10.6 Å². The van der Waals surface area contributed by atoms with Gasteiger partial charge in [0.2, 0.25) is 5.91 Å². The van der Waals surface area contributed by atoms with Gasteiger partial charge in [-0.15, -0.1) is 0 Å². The molecule has 122 valence electrons. The lowest BCUT2D eigenvalue weighted by Gasteiger charge is -2.08. The van der Waals surface area contributed by atoms with Crippen LogP contribution >= 0.6 is 0 Å². The van der Waals surface area contributed by atoms with E-state index < -0.39 is 0 Å². The second-order valence-electron chi connectivity index (χ2n) is 5.36. The van der Waals surface area contributed by atoms with Crippen LogP contribution in [-0.2, 0) is 17.8 Å². The molecule has 0 unspecified atom stereocenters. The molecule has 1 heterocycles. The summed E-state index contributed by atoms with van der Waals surface area (Å²) in [6.07, 6.45) is 1.84. The molecule has 0 radical (unpaired) electrons. The molecule has 0 aliphatic rings. The van der Waals surface area contributed by atoms with Crippen molar-refractivity contribution in [2.24, 2.45) is 0 Å². The van der Waals surface area contributed by atoms with Gasteiger partial charge in [0, 0.05) is 11.4 Å². The number of carbonyl (C=O) groups excluding carboxylic acids is 1. The van der Waals surface area contributed by atoms with Gasteiger partial charge in [-0.25, -0.2) is 4.39 Å². The Hall–Kier alpha value is -3.08.